The second-order valence-corrected chi connectivity index (χ2v) is 7.66. The van der Waals surface area contributed by atoms with Crippen LogP contribution >= 0.6 is 0 Å². The Balaban J connectivity index is 2.16. The number of carbonyl (C=O) groups is 1. The molecule has 2 aromatic carbocycles. The molecule has 124 valence electrons. The molecular formula is C18H15FO4S. The highest BCUT2D eigenvalue weighted by Crippen LogP contribution is 2.37. The molecule has 1 atom stereocenters. The molecule has 0 spiro atoms. The first-order chi connectivity index (χ1) is 11.3. The Morgan fingerprint density at radius 2 is 1.71 bits per heavy atom. The minimum Gasteiger partial charge on any atom is -0.454 e. The summed E-state index contributed by atoms with van der Waals surface area (Å²) >= 11 is 0. The number of rotatable bonds is 3. The number of sulfone groups is 1. The van der Waals surface area contributed by atoms with Crippen molar-refractivity contribution in [2.45, 2.75) is 17.9 Å². The molecule has 1 heterocycles. The molecule has 0 saturated heterocycles. The molecule has 4 nitrogen and oxygen atoms in total. The van der Waals surface area contributed by atoms with E-state index in [1.807, 2.05) is 0 Å². The third kappa shape index (κ3) is 2.97. The Hall–Kier alpha value is -2.47. The third-order valence-electron chi connectivity index (χ3n) is 3.87. The number of halogens is 1. The van der Waals surface area contributed by atoms with E-state index < -0.39 is 27.7 Å². The lowest BCUT2D eigenvalue weighted by molar-refractivity contribution is -0.136. The summed E-state index contributed by atoms with van der Waals surface area (Å²) in [5, 5.41) is 0. The molecule has 0 aromatic heterocycles. The SMILES string of the molecule is CC1OC(=O)C(c2cccc(F)c2)=C1c1ccc(S(C)(=O)=O)cc1. The molecule has 0 amide bonds. The molecule has 1 unspecified atom stereocenters. The average molecular weight is 346 g/mol. The smallest absolute Gasteiger partial charge is 0.339 e. The maximum absolute atomic E-state index is 13.5. The number of benzene rings is 2. The number of ether oxygens (including phenoxy) is 1. The lowest BCUT2D eigenvalue weighted by atomic mass is 9.93. The minimum atomic E-state index is -3.30. The number of hydrogen-bond donors (Lipinski definition) is 0. The fraction of sp³-hybridized carbons (Fsp3) is 0.167. The van der Waals surface area contributed by atoms with Crippen LogP contribution in [-0.2, 0) is 19.4 Å². The molecule has 0 saturated carbocycles. The minimum absolute atomic E-state index is 0.192. The van der Waals surface area contributed by atoms with E-state index in [2.05, 4.69) is 0 Å². The van der Waals surface area contributed by atoms with Crippen LogP contribution in [0.2, 0.25) is 0 Å². The Kier molecular flexibility index (Phi) is 4.01. The van der Waals surface area contributed by atoms with Gasteiger partial charge in [0, 0.05) is 11.8 Å². The highest BCUT2D eigenvalue weighted by molar-refractivity contribution is 7.90. The van der Waals surface area contributed by atoms with Gasteiger partial charge in [-0.25, -0.2) is 17.6 Å². The van der Waals surface area contributed by atoms with Crippen molar-refractivity contribution in [2.75, 3.05) is 6.26 Å². The molecular weight excluding hydrogens is 331 g/mol. The Labute approximate surface area is 139 Å². The zero-order valence-electron chi connectivity index (χ0n) is 13.1. The van der Waals surface area contributed by atoms with E-state index >= 15 is 0 Å². The van der Waals surface area contributed by atoms with Gasteiger partial charge in [-0.2, -0.15) is 0 Å². The van der Waals surface area contributed by atoms with Crippen molar-refractivity contribution in [3.05, 3.63) is 65.5 Å². The van der Waals surface area contributed by atoms with Crippen molar-refractivity contribution in [3.8, 4) is 0 Å². The van der Waals surface area contributed by atoms with E-state index in [1.54, 1.807) is 25.1 Å². The maximum atomic E-state index is 13.5. The van der Waals surface area contributed by atoms with Gasteiger partial charge in [0.1, 0.15) is 11.9 Å². The molecule has 0 bridgehead atoms. The first-order valence-corrected chi connectivity index (χ1v) is 9.18. The largest absolute Gasteiger partial charge is 0.454 e. The molecule has 24 heavy (non-hydrogen) atoms. The van der Waals surface area contributed by atoms with E-state index in [4.69, 9.17) is 4.74 Å². The van der Waals surface area contributed by atoms with Crippen molar-refractivity contribution in [1.82, 2.24) is 0 Å². The molecule has 0 aliphatic carbocycles. The first kappa shape index (κ1) is 16.4. The van der Waals surface area contributed by atoms with Crippen molar-refractivity contribution >= 4 is 27.0 Å². The zero-order chi connectivity index (χ0) is 17.5. The number of esters is 1. The highest BCUT2D eigenvalue weighted by Gasteiger charge is 2.33. The normalized spacial score (nSPS) is 18.0. The van der Waals surface area contributed by atoms with Crippen LogP contribution < -0.4 is 0 Å². The predicted molar refractivity (Wildman–Crippen MR) is 88.3 cm³/mol. The monoisotopic (exact) mass is 346 g/mol. The predicted octanol–water partition coefficient (Wildman–Crippen LogP) is 3.09. The Morgan fingerprint density at radius 3 is 2.29 bits per heavy atom. The Bertz CT molecular complexity index is 943. The summed E-state index contributed by atoms with van der Waals surface area (Å²) in [6.07, 6.45) is 0.629. The number of cyclic esters (lactones) is 1. The Morgan fingerprint density at radius 1 is 1.04 bits per heavy atom. The molecule has 3 rings (SSSR count). The second kappa shape index (κ2) is 5.87. The van der Waals surface area contributed by atoms with E-state index in [9.17, 15) is 17.6 Å². The van der Waals surface area contributed by atoms with Crippen molar-refractivity contribution in [3.63, 3.8) is 0 Å². The maximum Gasteiger partial charge on any atom is 0.339 e. The van der Waals surface area contributed by atoms with Crippen LogP contribution in [0.1, 0.15) is 18.1 Å². The summed E-state index contributed by atoms with van der Waals surface area (Å²) in [4.78, 5) is 12.4. The molecule has 0 fully saturated rings. The summed E-state index contributed by atoms with van der Waals surface area (Å²) in [5.41, 5.74) is 2.02. The van der Waals surface area contributed by atoms with Gasteiger partial charge in [-0.1, -0.05) is 24.3 Å². The zero-order valence-corrected chi connectivity index (χ0v) is 13.9. The summed E-state index contributed by atoms with van der Waals surface area (Å²) in [7, 11) is -3.30. The van der Waals surface area contributed by atoms with E-state index in [1.165, 1.54) is 30.3 Å². The third-order valence-corrected chi connectivity index (χ3v) is 5.00. The summed E-state index contributed by atoms with van der Waals surface area (Å²) in [6.45, 7) is 1.73. The summed E-state index contributed by atoms with van der Waals surface area (Å²) in [5.74, 6) is -0.964. The van der Waals surface area contributed by atoms with Crippen molar-refractivity contribution in [1.29, 1.82) is 0 Å². The lowest BCUT2D eigenvalue weighted by Gasteiger charge is -2.10. The molecule has 1 aliphatic heterocycles. The molecule has 2 aromatic rings. The molecule has 0 radical (unpaired) electrons. The lowest BCUT2D eigenvalue weighted by Crippen LogP contribution is -2.05. The van der Waals surface area contributed by atoms with Gasteiger partial charge in [-0.3, -0.25) is 0 Å². The quantitative estimate of drug-likeness (QED) is 0.802. The molecule has 6 heteroatoms. The van der Waals surface area contributed by atoms with Crippen LogP contribution in [0.5, 0.6) is 0 Å². The van der Waals surface area contributed by atoms with Gasteiger partial charge in [0.25, 0.3) is 0 Å². The van der Waals surface area contributed by atoms with Gasteiger partial charge < -0.3 is 4.74 Å². The number of hydrogen-bond acceptors (Lipinski definition) is 4. The average Bonchev–Trinajstić information content (AvgIpc) is 2.81. The van der Waals surface area contributed by atoms with Crippen LogP contribution in [0, 0.1) is 5.82 Å². The van der Waals surface area contributed by atoms with Gasteiger partial charge in [-0.05, 0) is 42.3 Å². The van der Waals surface area contributed by atoms with Crippen molar-refractivity contribution < 1.29 is 22.3 Å². The van der Waals surface area contributed by atoms with Crippen molar-refractivity contribution in [2.24, 2.45) is 0 Å². The highest BCUT2D eigenvalue weighted by atomic mass is 32.2. The van der Waals surface area contributed by atoms with Crippen LogP contribution in [-0.4, -0.2) is 26.7 Å². The van der Waals surface area contributed by atoms with Crippen LogP contribution in [0.25, 0.3) is 11.1 Å². The fourth-order valence-electron chi connectivity index (χ4n) is 2.77. The van der Waals surface area contributed by atoms with E-state index in [-0.39, 0.29) is 4.90 Å². The van der Waals surface area contributed by atoms with Gasteiger partial charge in [0.2, 0.25) is 0 Å². The molecule has 1 aliphatic rings. The van der Waals surface area contributed by atoms with E-state index in [0.717, 1.165) is 6.26 Å². The summed E-state index contributed by atoms with van der Waals surface area (Å²) in [6, 6.07) is 12.0. The summed E-state index contributed by atoms with van der Waals surface area (Å²) < 4.78 is 41.9. The standard InChI is InChI=1S/C18H15FO4S/c1-11-16(12-6-8-15(9-7-12)24(2,21)22)17(18(20)23-11)13-4-3-5-14(19)10-13/h3-11H,1-2H3. The van der Waals surface area contributed by atoms with E-state index in [0.29, 0.717) is 22.3 Å². The van der Waals surface area contributed by atoms with Crippen LogP contribution in [0.3, 0.4) is 0 Å². The molecule has 0 N–H and O–H groups in total. The number of carbonyl (C=O) groups excluding carboxylic acids is 1. The van der Waals surface area contributed by atoms with Gasteiger partial charge in [0.15, 0.2) is 9.84 Å². The van der Waals surface area contributed by atoms with Crippen LogP contribution in [0.4, 0.5) is 4.39 Å². The van der Waals surface area contributed by atoms with Gasteiger partial charge in [0.05, 0.1) is 10.5 Å². The van der Waals surface area contributed by atoms with Gasteiger partial charge in [-0.15, -0.1) is 0 Å². The topological polar surface area (TPSA) is 60.4 Å². The van der Waals surface area contributed by atoms with Gasteiger partial charge >= 0.3 is 5.97 Å². The second-order valence-electron chi connectivity index (χ2n) is 5.64. The van der Waals surface area contributed by atoms with Crippen LogP contribution in [0.15, 0.2) is 53.4 Å². The first-order valence-electron chi connectivity index (χ1n) is 7.29. The fourth-order valence-corrected chi connectivity index (χ4v) is 3.40.